The van der Waals surface area contributed by atoms with Gasteiger partial charge in [-0.2, -0.15) is 26.3 Å². The first-order valence-electron chi connectivity index (χ1n) is 7.50. The van der Waals surface area contributed by atoms with Gasteiger partial charge in [-0.05, 0) is 34.1 Å². The van der Waals surface area contributed by atoms with Gasteiger partial charge >= 0.3 is 12.4 Å². The van der Waals surface area contributed by atoms with E-state index in [4.69, 9.17) is 0 Å². The van der Waals surface area contributed by atoms with Crippen LogP contribution in [0.3, 0.4) is 0 Å². The number of anilines is 1. The third-order valence-electron chi connectivity index (χ3n) is 3.84. The van der Waals surface area contributed by atoms with Crippen molar-refractivity contribution in [3.63, 3.8) is 0 Å². The number of nitrogens with zero attached hydrogens (tertiary/aromatic N) is 1. The van der Waals surface area contributed by atoms with Crippen LogP contribution in [0.5, 0.6) is 0 Å². The van der Waals surface area contributed by atoms with Crippen molar-refractivity contribution in [2.75, 3.05) is 5.32 Å². The van der Waals surface area contributed by atoms with Gasteiger partial charge in [-0.1, -0.05) is 6.07 Å². The van der Waals surface area contributed by atoms with Crippen LogP contribution in [0.2, 0.25) is 0 Å². The van der Waals surface area contributed by atoms with E-state index in [1.165, 1.54) is 0 Å². The van der Waals surface area contributed by atoms with Crippen molar-refractivity contribution in [3.05, 3.63) is 67.9 Å². The Labute approximate surface area is 170 Å². The van der Waals surface area contributed by atoms with E-state index >= 15 is 0 Å². The van der Waals surface area contributed by atoms with E-state index in [2.05, 4.69) is 15.9 Å². The molecule has 14 heteroatoms. The van der Waals surface area contributed by atoms with E-state index in [9.17, 15) is 50.7 Å². The van der Waals surface area contributed by atoms with Crippen LogP contribution in [-0.2, 0) is 5.60 Å². The minimum Gasteiger partial charge on any atom is -0.369 e. The van der Waals surface area contributed by atoms with Gasteiger partial charge < -0.3 is 10.4 Å². The van der Waals surface area contributed by atoms with Crippen LogP contribution in [0, 0.1) is 15.9 Å². The fourth-order valence-electron chi connectivity index (χ4n) is 2.34. The summed E-state index contributed by atoms with van der Waals surface area (Å²) >= 11 is 2.55. The monoisotopic (exact) mass is 504 g/mol. The highest BCUT2D eigenvalue weighted by molar-refractivity contribution is 9.10. The largest absolute Gasteiger partial charge is 0.430 e. The standard InChI is InChI=1S/C16H8BrF7N2O4/c17-10-5-8(14(28,15(19,20)21)16(22,23)24)6-11(18)12(10)25-13(27)7-2-1-3-9(4-7)26(29)30/h1-6,28H,(H,25,27). The summed E-state index contributed by atoms with van der Waals surface area (Å²) in [6, 6.07) is 4.03. The lowest BCUT2D eigenvalue weighted by Gasteiger charge is -2.33. The number of nitro benzene ring substituents is 1. The molecule has 0 saturated carbocycles. The molecule has 30 heavy (non-hydrogen) atoms. The number of nitrogens with one attached hydrogen (secondary N) is 1. The first-order valence-corrected chi connectivity index (χ1v) is 8.30. The normalized spacial score (nSPS) is 12.6. The van der Waals surface area contributed by atoms with Gasteiger partial charge in [0, 0.05) is 27.7 Å². The third kappa shape index (κ3) is 4.23. The molecule has 162 valence electrons. The molecule has 2 rings (SSSR count). The molecule has 2 aromatic carbocycles. The average molecular weight is 505 g/mol. The summed E-state index contributed by atoms with van der Waals surface area (Å²) in [5, 5.41) is 22.0. The molecule has 6 nitrogen and oxygen atoms in total. The van der Waals surface area contributed by atoms with Crippen LogP contribution in [0.15, 0.2) is 40.9 Å². The second-order valence-corrected chi connectivity index (χ2v) is 6.64. The first kappa shape index (κ1) is 23.5. The number of nitro groups is 1. The number of alkyl halides is 6. The van der Waals surface area contributed by atoms with Crippen molar-refractivity contribution in [3.8, 4) is 0 Å². The highest BCUT2D eigenvalue weighted by Crippen LogP contribution is 2.51. The summed E-state index contributed by atoms with van der Waals surface area (Å²) in [7, 11) is 0. The smallest absolute Gasteiger partial charge is 0.369 e. The minimum absolute atomic E-state index is 0.146. The lowest BCUT2D eigenvalue weighted by atomic mass is 9.92. The fraction of sp³-hybridized carbons (Fsp3) is 0.188. The number of hydrogen-bond acceptors (Lipinski definition) is 4. The maximum atomic E-state index is 14.3. The minimum atomic E-state index is -6.23. The van der Waals surface area contributed by atoms with Gasteiger partial charge in [0.05, 0.1) is 10.6 Å². The third-order valence-corrected chi connectivity index (χ3v) is 4.46. The van der Waals surface area contributed by atoms with E-state index in [0.29, 0.717) is 0 Å². The molecule has 0 aliphatic carbocycles. The topological polar surface area (TPSA) is 92.5 Å². The molecule has 2 aromatic rings. The van der Waals surface area contributed by atoms with Crippen molar-refractivity contribution in [2.45, 2.75) is 18.0 Å². The second kappa shape index (κ2) is 7.83. The molecule has 0 unspecified atom stereocenters. The van der Waals surface area contributed by atoms with E-state index in [0.717, 1.165) is 24.3 Å². The maximum Gasteiger partial charge on any atom is 0.430 e. The van der Waals surface area contributed by atoms with E-state index in [-0.39, 0.29) is 17.7 Å². The Balaban J connectivity index is 2.48. The van der Waals surface area contributed by atoms with Crippen molar-refractivity contribution in [2.24, 2.45) is 0 Å². The SMILES string of the molecule is O=C(Nc1c(F)cc(C(O)(C(F)(F)F)C(F)(F)F)cc1Br)c1cccc([N+](=O)[O-])c1. The molecule has 0 fully saturated rings. The van der Waals surface area contributed by atoms with Crippen LogP contribution < -0.4 is 5.32 Å². The Morgan fingerprint density at radius 1 is 1.07 bits per heavy atom. The van der Waals surface area contributed by atoms with Gasteiger partial charge in [0.25, 0.3) is 17.2 Å². The van der Waals surface area contributed by atoms with E-state index in [1.54, 1.807) is 0 Å². The van der Waals surface area contributed by atoms with Gasteiger partial charge in [-0.25, -0.2) is 4.39 Å². The van der Waals surface area contributed by atoms with E-state index in [1.807, 2.05) is 5.32 Å². The summed E-state index contributed by atoms with van der Waals surface area (Å²) in [4.78, 5) is 22.1. The zero-order chi connectivity index (χ0) is 23.1. The summed E-state index contributed by atoms with van der Waals surface area (Å²) in [6.45, 7) is 0. The Morgan fingerprint density at radius 2 is 1.63 bits per heavy atom. The number of hydrogen-bond donors (Lipinski definition) is 2. The Kier molecular flexibility index (Phi) is 6.14. The van der Waals surface area contributed by atoms with Crippen LogP contribution in [0.4, 0.5) is 42.1 Å². The quantitative estimate of drug-likeness (QED) is 0.345. The fourth-order valence-corrected chi connectivity index (χ4v) is 2.87. The molecule has 2 N–H and O–H groups in total. The number of benzene rings is 2. The number of halogens is 8. The number of amides is 1. The van der Waals surface area contributed by atoms with Crippen LogP contribution in [0.25, 0.3) is 0 Å². The molecule has 0 spiro atoms. The molecular weight excluding hydrogens is 497 g/mol. The summed E-state index contributed by atoms with van der Waals surface area (Å²) < 4.78 is 91.3. The number of carbonyl (C=O) groups is 1. The Hall–Kier alpha value is -2.74. The number of carbonyl (C=O) groups excluding carboxylic acids is 1. The van der Waals surface area contributed by atoms with Gasteiger partial charge in [-0.3, -0.25) is 14.9 Å². The van der Waals surface area contributed by atoms with Crippen molar-refractivity contribution < 1.29 is 45.6 Å². The number of rotatable bonds is 4. The van der Waals surface area contributed by atoms with Gasteiger partial charge in [0.1, 0.15) is 5.82 Å². The average Bonchev–Trinajstić information content (AvgIpc) is 2.61. The lowest BCUT2D eigenvalue weighted by molar-refractivity contribution is -0.384. The van der Waals surface area contributed by atoms with E-state index < -0.39 is 56.0 Å². The lowest BCUT2D eigenvalue weighted by Crippen LogP contribution is -2.54. The Bertz CT molecular complexity index is 971. The molecule has 1 amide bonds. The molecule has 0 aliphatic rings. The van der Waals surface area contributed by atoms with Crippen molar-refractivity contribution in [1.29, 1.82) is 0 Å². The van der Waals surface area contributed by atoms with Gasteiger partial charge in [0.15, 0.2) is 0 Å². The molecule has 0 radical (unpaired) electrons. The molecule has 0 heterocycles. The maximum absolute atomic E-state index is 14.3. The van der Waals surface area contributed by atoms with Gasteiger partial charge in [0.2, 0.25) is 0 Å². The van der Waals surface area contributed by atoms with Gasteiger partial charge in [-0.15, -0.1) is 0 Å². The highest BCUT2D eigenvalue weighted by atomic mass is 79.9. The molecule has 0 saturated heterocycles. The first-order chi connectivity index (χ1) is 13.6. The molecule has 0 atom stereocenters. The molecule has 0 bridgehead atoms. The zero-order valence-corrected chi connectivity index (χ0v) is 15.7. The highest BCUT2D eigenvalue weighted by Gasteiger charge is 2.71. The summed E-state index contributed by atoms with van der Waals surface area (Å²) in [5.74, 6) is -2.86. The molecule has 0 aromatic heterocycles. The number of aliphatic hydroxyl groups is 1. The number of non-ortho nitro benzene ring substituents is 1. The summed E-state index contributed by atoms with van der Waals surface area (Å²) in [5.41, 5.74) is -8.91. The second-order valence-electron chi connectivity index (χ2n) is 5.78. The predicted octanol–water partition coefficient (Wildman–Crippen LogP) is 5.06. The Morgan fingerprint density at radius 3 is 2.10 bits per heavy atom. The van der Waals surface area contributed by atoms with Crippen molar-refractivity contribution >= 4 is 33.2 Å². The molecular formula is C16H8BrF7N2O4. The van der Waals surface area contributed by atoms with Crippen molar-refractivity contribution in [1.82, 2.24) is 0 Å². The van der Waals surface area contributed by atoms with Crippen LogP contribution >= 0.6 is 15.9 Å². The molecule has 0 aliphatic heterocycles. The summed E-state index contributed by atoms with van der Waals surface area (Å²) in [6.07, 6.45) is -12.5. The zero-order valence-electron chi connectivity index (χ0n) is 14.1. The van der Waals surface area contributed by atoms with Crippen LogP contribution in [-0.4, -0.2) is 28.3 Å². The van der Waals surface area contributed by atoms with Crippen LogP contribution in [0.1, 0.15) is 15.9 Å². The predicted molar refractivity (Wildman–Crippen MR) is 91.2 cm³/mol.